The maximum atomic E-state index is 12.2. The van der Waals surface area contributed by atoms with Crippen LogP contribution in [0.25, 0.3) is 10.6 Å². The fourth-order valence-electron chi connectivity index (χ4n) is 2.86. The van der Waals surface area contributed by atoms with E-state index in [2.05, 4.69) is 10.3 Å². The molecule has 0 unspecified atom stereocenters. The standard InChI is InChI=1S/C22H24N2O4S/c1-26-18-7-4-15(5-8-18)10-11-23-21(25)13-17-14-29-22(24-17)16-6-9-19(27-2)20(12-16)28-3/h4-9,12,14H,10-11,13H2,1-3H3,(H,23,25). The van der Waals surface area contributed by atoms with Gasteiger partial charge in [0.1, 0.15) is 10.8 Å². The zero-order valence-corrected chi connectivity index (χ0v) is 17.5. The van der Waals surface area contributed by atoms with Crippen molar-refractivity contribution in [3.63, 3.8) is 0 Å². The molecule has 0 radical (unpaired) electrons. The predicted molar refractivity (Wildman–Crippen MR) is 114 cm³/mol. The second kappa shape index (κ2) is 9.93. The lowest BCUT2D eigenvalue weighted by Gasteiger charge is -2.08. The number of nitrogens with one attached hydrogen (secondary N) is 1. The van der Waals surface area contributed by atoms with E-state index >= 15 is 0 Å². The third-order valence-corrected chi connectivity index (χ3v) is 5.36. The molecule has 0 fully saturated rings. The van der Waals surface area contributed by atoms with Gasteiger partial charge in [-0.15, -0.1) is 11.3 Å². The summed E-state index contributed by atoms with van der Waals surface area (Å²) < 4.78 is 15.8. The average molecular weight is 413 g/mol. The van der Waals surface area contributed by atoms with Gasteiger partial charge in [-0.25, -0.2) is 4.98 Å². The van der Waals surface area contributed by atoms with Crippen LogP contribution in [0.4, 0.5) is 0 Å². The van der Waals surface area contributed by atoms with Crippen LogP contribution in [-0.2, 0) is 17.6 Å². The molecule has 0 aliphatic carbocycles. The smallest absolute Gasteiger partial charge is 0.226 e. The van der Waals surface area contributed by atoms with Crippen molar-refractivity contribution < 1.29 is 19.0 Å². The van der Waals surface area contributed by atoms with Crippen LogP contribution < -0.4 is 19.5 Å². The first-order valence-corrected chi connectivity index (χ1v) is 10.1. The van der Waals surface area contributed by atoms with Crippen molar-refractivity contribution in [2.75, 3.05) is 27.9 Å². The van der Waals surface area contributed by atoms with Gasteiger partial charge >= 0.3 is 0 Å². The SMILES string of the molecule is COc1ccc(CCNC(=O)Cc2csc(-c3ccc(OC)c(OC)c3)n2)cc1. The van der Waals surface area contributed by atoms with Gasteiger partial charge in [0, 0.05) is 17.5 Å². The van der Waals surface area contributed by atoms with E-state index in [1.165, 1.54) is 11.3 Å². The highest BCUT2D eigenvalue weighted by Crippen LogP contribution is 2.33. The molecule has 3 rings (SSSR count). The Morgan fingerprint density at radius 3 is 2.45 bits per heavy atom. The van der Waals surface area contributed by atoms with Crippen LogP contribution in [0.1, 0.15) is 11.3 Å². The Balaban J connectivity index is 1.53. The number of methoxy groups -OCH3 is 3. The maximum Gasteiger partial charge on any atom is 0.226 e. The first kappa shape index (κ1) is 20.7. The molecule has 0 spiro atoms. The quantitative estimate of drug-likeness (QED) is 0.580. The molecule has 1 N–H and O–H groups in total. The minimum atomic E-state index is -0.0392. The summed E-state index contributed by atoms with van der Waals surface area (Å²) in [4.78, 5) is 16.8. The molecule has 6 nitrogen and oxygen atoms in total. The Kier molecular flexibility index (Phi) is 7.08. The highest BCUT2D eigenvalue weighted by molar-refractivity contribution is 7.13. The van der Waals surface area contributed by atoms with Crippen molar-refractivity contribution >= 4 is 17.2 Å². The molecule has 1 amide bonds. The summed E-state index contributed by atoms with van der Waals surface area (Å²) in [6.07, 6.45) is 1.02. The van der Waals surface area contributed by atoms with Crippen LogP contribution in [0.2, 0.25) is 0 Å². The Labute approximate surface area is 174 Å². The van der Waals surface area contributed by atoms with Gasteiger partial charge in [-0.2, -0.15) is 0 Å². The molecule has 0 saturated heterocycles. The van der Waals surface area contributed by atoms with Gasteiger partial charge in [0.2, 0.25) is 5.91 Å². The molecule has 152 valence electrons. The Morgan fingerprint density at radius 1 is 1.00 bits per heavy atom. The summed E-state index contributed by atoms with van der Waals surface area (Å²) >= 11 is 1.50. The van der Waals surface area contributed by atoms with Crippen LogP contribution in [0.3, 0.4) is 0 Å². The first-order valence-electron chi connectivity index (χ1n) is 9.19. The highest BCUT2D eigenvalue weighted by Gasteiger charge is 2.11. The summed E-state index contributed by atoms with van der Waals surface area (Å²) in [5, 5.41) is 5.70. The number of carbonyl (C=O) groups is 1. The Morgan fingerprint density at radius 2 is 1.76 bits per heavy atom. The lowest BCUT2D eigenvalue weighted by atomic mass is 10.1. The zero-order chi connectivity index (χ0) is 20.6. The van der Waals surface area contributed by atoms with Crippen molar-refractivity contribution in [2.24, 2.45) is 0 Å². The van der Waals surface area contributed by atoms with Gasteiger partial charge in [-0.3, -0.25) is 4.79 Å². The van der Waals surface area contributed by atoms with E-state index in [-0.39, 0.29) is 12.3 Å². The number of benzene rings is 2. The molecular formula is C22H24N2O4S. The van der Waals surface area contributed by atoms with Gasteiger partial charge < -0.3 is 19.5 Å². The minimum absolute atomic E-state index is 0.0392. The number of hydrogen-bond donors (Lipinski definition) is 1. The molecule has 0 aliphatic rings. The number of rotatable bonds is 9. The van der Waals surface area contributed by atoms with Crippen LogP contribution in [0, 0.1) is 0 Å². The molecule has 0 atom stereocenters. The molecule has 3 aromatic rings. The fourth-order valence-corrected chi connectivity index (χ4v) is 3.67. The van der Waals surface area contributed by atoms with Crippen LogP contribution in [0.5, 0.6) is 17.2 Å². The summed E-state index contributed by atoms with van der Waals surface area (Å²) in [6.45, 7) is 0.581. The summed E-state index contributed by atoms with van der Waals surface area (Å²) in [5.74, 6) is 2.11. The highest BCUT2D eigenvalue weighted by atomic mass is 32.1. The Bertz CT molecular complexity index is 954. The van der Waals surface area contributed by atoms with E-state index in [1.54, 1.807) is 21.3 Å². The van der Waals surface area contributed by atoms with Gasteiger partial charge in [-0.1, -0.05) is 12.1 Å². The van der Waals surface area contributed by atoms with Crippen LogP contribution in [-0.4, -0.2) is 38.8 Å². The van der Waals surface area contributed by atoms with Crippen molar-refractivity contribution in [3.05, 3.63) is 59.1 Å². The zero-order valence-electron chi connectivity index (χ0n) is 16.7. The topological polar surface area (TPSA) is 69.7 Å². The number of ether oxygens (including phenoxy) is 3. The normalized spacial score (nSPS) is 10.4. The van der Waals surface area contributed by atoms with Gasteiger partial charge in [0.15, 0.2) is 11.5 Å². The van der Waals surface area contributed by atoms with Gasteiger partial charge in [-0.05, 0) is 42.3 Å². The predicted octanol–water partition coefficient (Wildman–Crippen LogP) is 3.74. The minimum Gasteiger partial charge on any atom is -0.497 e. The summed E-state index contributed by atoms with van der Waals surface area (Å²) in [5.41, 5.74) is 2.83. The monoisotopic (exact) mass is 412 g/mol. The lowest BCUT2D eigenvalue weighted by molar-refractivity contribution is -0.120. The summed E-state index contributed by atoms with van der Waals surface area (Å²) in [6, 6.07) is 13.5. The molecular weight excluding hydrogens is 388 g/mol. The molecule has 29 heavy (non-hydrogen) atoms. The van der Waals surface area contributed by atoms with Crippen molar-refractivity contribution in [2.45, 2.75) is 12.8 Å². The molecule has 7 heteroatoms. The van der Waals surface area contributed by atoms with E-state index in [4.69, 9.17) is 14.2 Å². The molecule has 1 heterocycles. The number of nitrogens with zero attached hydrogens (tertiary/aromatic N) is 1. The van der Waals surface area contributed by atoms with E-state index in [1.807, 2.05) is 47.8 Å². The van der Waals surface area contributed by atoms with E-state index in [0.29, 0.717) is 18.0 Å². The number of amides is 1. The van der Waals surface area contributed by atoms with Crippen LogP contribution in [0.15, 0.2) is 47.8 Å². The van der Waals surface area contributed by atoms with Crippen molar-refractivity contribution in [1.29, 1.82) is 0 Å². The molecule has 0 aliphatic heterocycles. The van der Waals surface area contributed by atoms with Gasteiger partial charge in [0.25, 0.3) is 0 Å². The number of thiazole rings is 1. The molecule has 0 saturated carbocycles. The fraction of sp³-hybridized carbons (Fsp3) is 0.273. The molecule has 2 aromatic carbocycles. The van der Waals surface area contributed by atoms with E-state index < -0.39 is 0 Å². The largest absolute Gasteiger partial charge is 0.497 e. The number of hydrogen-bond acceptors (Lipinski definition) is 6. The van der Waals surface area contributed by atoms with Gasteiger partial charge in [0.05, 0.1) is 33.4 Å². The number of aromatic nitrogens is 1. The summed E-state index contributed by atoms with van der Waals surface area (Å²) in [7, 11) is 4.85. The second-order valence-corrected chi connectivity index (χ2v) is 7.20. The van der Waals surface area contributed by atoms with Crippen molar-refractivity contribution in [1.82, 2.24) is 10.3 Å². The average Bonchev–Trinajstić information content (AvgIpc) is 3.22. The van der Waals surface area contributed by atoms with Crippen molar-refractivity contribution in [3.8, 4) is 27.8 Å². The first-order chi connectivity index (χ1) is 14.1. The number of carbonyl (C=O) groups excluding carboxylic acids is 1. The lowest BCUT2D eigenvalue weighted by Crippen LogP contribution is -2.27. The molecule has 1 aromatic heterocycles. The Hall–Kier alpha value is -3.06. The third kappa shape index (κ3) is 5.48. The second-order valence-electron chi connectivity index (χ2n) is 6.34. The maximum absolute atomic E-state index is 12.2. The molecule has 0 bridgehead atoms. The van der Waals surface area contributed by atoms with Crippen LogP contribution >= 0.6 is 11.3 Å². The van der Waals surface area contributed by atoms with E-state index in [9.17, 15) is 4.79 Å². The van der Waals surface area contributed by atoms with E-state index in [0.717, 1.165) is 34.0 Å². The third-order valence-electron chi connectivity index (χ3n) is 4.42.